The van der Waals surface area contributed by atoms with Crippen molar-refractivity contribution in [3.8, 4) is 0 Å². The van der Waals surface area contributed by atoms with Gasteiger partial charge in [0.05, 0.1) is 6.10 Å². The fourth-order valence-corrected chi connectivity index (χ4v) is 1.30. The molecule has 16 heavy (non-hydrogen) atoms. The SMILES string of the molecule is CC(C)OC(=O)C=Cc1cc(N)ccc1Cl. The number of benzene rings is 1. The summed E-state index contributed by atoms with van der Waals surface area (Å²) in [5.74, 6) is -0.395. The van der Waals surface area contributed by atoms with Crippen molar-refractivity contribution in [1.82, 2.24) is 0 Å². The number of anilines is 1. The van der Waals surface area contributed by atoms with Crippen LogP contribution in [-0.4, -0.2) is 12.1 Å². The van der Waals surface area contributed by atoms with Crippen LogP contribution >= 0.6 is 11.6 Å². The number of ether oxygens (including phenoxy) is 1. The summed E-state index contributed by atoms with van der Waals surface area (Å²) >= 11 is 5.93. The number of carbonyl (C=O) groups is 1. The molecule has 3 nitrogen and oxygen atoms in total. The van der Waals surface area contributed by atoms with E-state index in [1.807, 2.05) is 0 Å². The van der Waals surface area contributed by atoms with E-state index in [-0.39, 0.29) is 6.10 Å². The Hall–Kier alpha value is -1.48. The summed E-state index contributed by atoms with van der Waals surface area (Å²) < 4.78 is 4.94. The van der Waals surface area contributed by atoms with Crippen LogP contribution in [0.1, 0.15) is 19.4 Å². The molecule has 1 aromatic rings. The molecule has 2 N–H and O–H groups in total. The summed E-state index contributed by atoms with van der Waals surface area (Å²) in [6.45, 7) is 3.58. The van der Waals surface area contributed by atoms with Crippen LogP contribution in [0.15, 0.2) is 24.3 Å². The smallest absolute Gasteiger partial charge is 0.331 e. The maximum atomic E-state index is 11.2. The summed E-state index contributed by atoms with van der Waals surface area (Å²) in [4.78, 5) is 11.2. The van der Waals surface area contributed by atoms with Gasteiger partial charge in [0.2, 0.25) is 0 Å². The van der Waals surface area contributed by atoms with Gasteiger partial charge in [-0.1, -0.05) is 11.6 Å². The average molecular weight is 240 g/mol. The maximum absolute atomic E-state index is 11.2. The molecule has 0 saturated heterocycles. The largest absolute Gasteiger partial charge is 0.460 e. The molecule has 0 aliphatic heterocycles. The topological polar surface area (TPSA) is 52.3 Å². The van der Waals surface area contributed by atoms with Crippen molar-refractivity contribution in [2.45, 2.75) is 20.0 Å². The number of carbonyl (C=O) groups excluding carboxylic acids is 1. The summed E-state index contributed by atoms with van der Waals surface area (Å²) in [6.07, 6.45) is 2.79. The monoisotopic (exact) mass is 239 g/mol. The van der Waals surface area contributed by atoms with E-state index in [2.05, 4.69) is 0 Å². The molecular formula is C12H14ClNO2. The lowest BCUT2D eigenvalue weighted by atomic mass is 10.2. The minimum Gasteiger partial charge on any atom is -0.460 e. The summed E-state index contributed by atoms with van der Waals surface area (Å²) in [7, 11) is 0. The number of halogens is 1. The summed E-state index contributed by atoms with van der Waals surface area (Å²) in [6, 6.07) is 5.08. The Kier molecular flexibility index (Phi) is 4.38. The molecule has 0 spiro atoms. The predicted octanol–water partition coefficient (Wildman–Crippen LogP) is 2.89. The number of nitrogen functional groups attached to an aromatic ring is 1. The number of esters is 1. The van der Waals surface area contributed by atoms with Crippen LogP contribution < -0.4 is 5.73 Å². The summed E-state index contributed by atoms with van der Waals surface area (Å²) in [5, 5.41) is 0.544. The van der Waals surface area contributed by atoms with Gasteiger partial charge in [-0.15, -0.1) is 0 Å². The summed E-state index contributed by atoms with van der Waals surface area (Å²) in [5.41, 5.74) is 6.90. The normalized spacial score (nSPS) is 11.0. The van der Waals surface area contributed by atoms with Gasteiger partial charge < -0.3 is 10.5 Å². The molecule has 1 rings (SSSR count). The Labute approximate surface area is 99.8 Å². The molecule has 0 saturated carbocycles. The van der Waals surface area contributed by atoms with Crippen molar-refractivity contribution >= 4 is 29.3 Å². The first-order valence-electron chi connectivity index (χ1n) is 4.93. The molecule has 0 bridgehead atoms. The molecule has 1 aromatic carbocycles. The highest BCUT2D eigenvalue weighted by molar-refractivity contribution is 6.32. The van der Waals surface area contributed by atoms with Crippen molar-refractivity contribution in [1.29, 1.82) is 0 Å². The molecule has 0 amide bonds. The second kappa shape index (κ2) is 5.56. The third kappa shape index (κ3) is 3.95. The van der Waals surface area contributed by atoms with Crippen molar-refractivity contribution in [3.63, 3.8) is 0 Å². The zero-order valence-electron chi connectivity index (χ0n) is 9.24. The number of hydrogen-bond acceptors (Lipinski definition) is 3. The van der Waals surface area contributed by atoms with Crippen LogP contribution in [0.3, 0.4) is 0 Å². The lowest BCUT2D eigenvalue weighted by Gasteiger charge is -2.04. The van der Waals surface area contributed by atoms with E-state index in [1.54, 1.807) is 38.1 Å². The lowest BCUT2D eigenvalue weighted by molar-refractivity contribution is -0.141. The Bertz CT molecular complexity index is 413. The van der Waals surface area contributed by atoms with Crippen LogP contribution in [0.2, 0.25) is 5.02 Å². The standard InChI is InChI=1S/C12H14ClNO2/c1-8(2)16-12(15)6-3-9-7-10(14)4-5-11(9)13/h3-8H,14H2,1-2H3. The lowest BCUT2D eigenvalue weighted by Crippen LogP contribution is -2.08. The van der Waals surface area contributed by atoms with Crippen LogP contribution in [0.5, 0.6) is 0 Å². The molecule has 86 valence electrons. The van der Waals surface area contributed by atoms with Gasteiger partial charge in [0.25, 0.3) is 0 Å². The third-order valence-electron chi connectivity index (χ3n) is 1.77. The van der Waals surface area contributed by atoms with Gasteiger partial charge in [-0.2, -0.15) is 0 Å². The first-order chi connectivity index (χ1) is 7.49. The number of rotatable bonds is 3. The predicted molar refractivity (Wildman–Crippen MR) is 66.1 cm³/mol. The second-order valence-electron chi connectivity index (χ2n) is 3.60. The van der Waals surface area contributed by atoms with Gasteiger partial charge in [-0.05, 0) is 43.7 Å². The van der Waals surface area contributed by atoms with E-state index >= 15 is 0 Å². The van der Waals surface area contributed by atoms with E-state index in [4.69, 9.17) is 22.1 Å². The van der Waals surface area contributed by atoms with Crippen LogP contribution in [-0.2, 0) is 9.53 Å². The first kappa shape index (κ1) is 12.6. The minimum absolute atomic E-state index is 0.131. The Balaban J connectivity index is 2.76. The van der Waals surface area contributed by atoms with Gasteiger partial charge >= 0.3 is 5.97 Å². The Morgan fingerprint density at radius 3 is 2.81 bits per heavy atom. The van der Waals surface area contributed by atoms with Gasteiger partial charge in [0.1, 0.15) is 0 Å². The highest BCUT2D eigenvalue weighted by Crippen LogP contribution is 2.20. The zero-order valence-corrected chi connectivity index (χ0v) is 9.99. The van der Waals surface area contributed by atoms with Crippen molar-refractivity contribution < 1.29 is 9.53 Å². The van der Waals surface area contributed by atoms with Crippen LogP contribution in [0, 0.1) is 0 Å². The van der Waals surface area contributed by atoms with E-state index in [9.17, 15) is 4.79 Å². The average Bonchev–Trinajstić information content (AvgIpc) is 2.18. The Morgan fingerprint density at radius 1 is 1.50 bits per heavy atom. The van der Waals surface area contributed by atoms with Gasteiger partial charge in [0.15, 0.2) is 0 Å². The molecule has 4 heteroatoms. The fourth-order valence-electron chi connectivity index (χ4n) is 1.12. The first-order valence-corrected chi connectivity index (χ1v) is 5.30. The van der Waals surface area contributed by atoms with E-state index in [0.29, 0.717) is 16.3 Å². The molecular weight excluding hydrogens is 226 g/mol. The highest BCUT2D eigenvalue weighted by atomic mass is 35.5. The van der Waals surface area contributed by atoms with Crippen molar-refractivity contribution in [3.05, 3.63) is 34.9 Å². The maximum Gasteiger partial charge on any atom is 0.331 e. The molecule has 0 heterocycles. The van der Waals surface area contributed by atoms with Crippen molar-refractivity contribution in [2.24, 2.45) is 0 Å². The van der Waals surface area contributed by atoms with E-state index in [1.165, 1.54) is 6.08 Å². The second-order valence-corrected chi connectivity index (χ2v) is 4.01. The Morgan fingerprint density at radius 2 is 2.19 bits per heavy atom. The van der Waals surface area contributed by atoms with Crippen molar-refractivity contribution in [2.75, 3.05) is 5.73 Å². The van der Waals surface area contributed by atoms with Crippen LogP contribution in [0.25, 0.3) is 6.08 Å². The number of nitrogens with two attached hydrogens (primary N) is 1. The molecule has 0 fully saturated rings. The quantitative estimate of drug-likeness (QED) is 0.501. The van der Waals surface area contributed by atoms with Crippen LogP contribution in [0.4, 0.5) is 5.69 Å². The zero-order chi connectivity index (χ0) is 12.1. The molecule has 0 atom stereocenters. The minimum atomic E-state index is -0.395. The van der Waals surface area contributed by atoms with Gasteiger partial charge in [-0.3, -0.25) is 0 Å². The fraction of sp³-hybridized carbons (Fsp3) is 0.250. The molecule has 0 radical (unpaired) electrons. The highest BCUT2D eigenvalue weighted by Gasteiger charge is 2.01. The van der Waals surface area contributed by atoms with Gasteiger partial charge in [0, 0.05) is 16.8 Å². The third-order valence-corrected chi connectivity index (χ3v) is 2.12. The van der Waals surface area contributed by atoms with E-state index in [0.717, 1.165) is 0 Å². The van der Waals surface area contributed by atoms with Gasteiger partial charge in [-0.25, -0.2) is 4.79 Å². The number of hydrogen-bond donors (Lipinski definition) is 1. The molecule has 0 aliphatic carbocycles. The molecule has 0 aliphatic rings. The molecule has 0 unspecified atom stereocenters. The van der Waals surface area contributed by atoms with E-state index < -0.39 is 5.97 Å². The molecule has 0 aromatic heterocycles.